The van der Waals surface area contributed by atoms with Gasteiger partial charge in [0, 0.05) is 24.1 Å². The smallest absolute Gasteiger partial charge is 0.339 e. The zero-order chi connectivity index (χ0) is 19.1. The lowest BCUT2D eigenvalue weighted by Crippen LogP contribution is -3.08. The first-order valence-corrected chi connectivity index (χ1v) is 9.33. The normalized spacial score (nSPS) is 14.8. The van der Waals surface area contributed by atoms with Crippen molar-refractivity contribution in [3.63, 3.8) is 0 Å². The SMILES string of the molecule is COc1ccc(/C(C)=N\NC(=O)Nc2ccccc2)cc1C[NH+]1CCCC1. The number of urea groups is 1. The summed E-state index contributed by atoms with van der Waals surface area (Å²) >= 11 is 0. The second-order valence-electron chi connectivity index (χ2n) is 6.79. The number of hydrazone groups is 1. The Balaban J connectivity index is 1.66. The quantitative estimate of drug-likeness (QED) is 0.542. The molecule has 142 valence electrons. The Hall–Kier alpha value is -2.86. The number of nitrogens with one attached hydrogen (secondary N) is 3. The van der Waals surface area contributed by atoms with E-state index in [9.17, 15) is 4.79 Å². The molecule has 3 rings (SSSR count). The average molecular weight is 367 g/mol. The van der Waals surface area contributed by atoms with E-state index in [1.165, 1.54) is 31.5 Å². The maximum atomic E-state index is 12.0. The van der Waals surface area contributed by atoms with Crippen molar-refractivity contribution in [1.29, 1.82) is 0 Å². The Morgan fingerprint density at radius 1 is 1.15 bits per heavy atom. The predicted molar refractivity (Wildman–Crippen MR) is 107 cm³/mol. The van der Waals surface area contributed by atoms with Gasteiger partial charge in [0.15, 0.2) is 0 Å². The van der Waals surface area contributed by atoms with Crippen molar-refractivity contribution in [3.8, 4) is 5.75 Å². The summed E-state index contributed by atoms with van der Waals surface area (Å²) in [4.78, 5) is 13.6. The molecule has 27 heavy (non-hydrogen) atoms. The lowest BCUT2D eigenvalue weighted by atomic mass is 10.1. The fraction of sp³-hybridized carbons (Fsp3) is 0.333. The van der Waals surface area contributed by atoms with Crippen LogP contribution in [0, 0.1) is 0 Å². The highest BCUT2D eigenvalue weighted by Crippen LogP contribution is 2.20. The van der Waals surface area contributed by atoms with Crippen LogP contribution in [0.4, 0.5) is 10.5 Å². The van der Waals surface area contributed by atoms with Crippen LogP contribution in [-0.2, 0) is 6.54 Å². The molecule has 1 heterocycles. The number of hydrogen-bond acceptors (Lipinski definition) is 3. The summed E-state index contributed by atoms with van der Waals surface area (Å²) in [5.41, 5.74) is 6.18. The Morgan fingerprint density at radius 3 is 2.59 bits per heavy atom. The van der Waals surface area contributed by atoms with Crippen LogP contribution in [0.1, 0.15) is 30.9 Å². The molecule has 6 nitrogen and oxygen atoms in total. The number of benzene rings is 2. The van der Waals surface area contributed by atoms with Crippen LogP contribution in [0.2, 0.25) is 0 Å². The summed E-state index contributed by atoms with van der Waals surface area (Å²) in [5, 5.41) is 6.97. The fourth-order valence-corrected chi connectivity index (χ4v) is 3.34. The van der Waals surface area contributed by atoms with Crippen molar-refractivity contribution >= 4 is 17.4 Å². The minimum Gasteiger partial charge on any atom is -0.496 e. The van der Waals surface area contributed by atoms with Gasteiger partial charge in [0.25, 0.3) is 0 Å². The summed E-state index contributed by atoms with van der Waals surface area (Å²) in [5.74, 6) is 0.903. The van der Waals surface area contributed by atoms with Crippen LogP contribution in [0.15, 0.2) is 53.6 Å². The van der Waals surface area contributed by atoms with Crippen molar-refractivity contribution in [2.24, 2.45) is 5.10 Å². The van der Waals surface area contributed by atoms with Gasteiger partial charge in [-0.25, -0.2) is 10.2 Å². The molecule has 0 radical (unpaired) electrons. The van der Waals surface area contributed by atoms with Crippen LogP contribution in [-0.4, -0.2) is 31.9 Å². The number of carbonyl (C=O) groups excluding carboxylic acids is 1. The van der Waals surface area contributed by atoms with Crippen LogP contribution in [0.3, 0.4) is 0 Å². The molecule has 0 aliphatic carbocycles. The molecule has 2 aromatic carbocycles. The first-order valence-electron chi connectivity index (χ1n) is 9.33. The molecule has 0 atom stereocenters. The van der Waals surface area contributed by atoms with Crippen LogP contribution in [0.25, 0.3) is 0 Å². The number of anilines is 1. The van der Waals surface area contributed by atoms with Gasteiger partial charge in [0.05, 0.1) is 25.9 Å². The Labute approximate surface area is 160 Å². The summed E-state index contributed by atoms with van der Waals surface area (Å²) in [6, 6.07) is 15.0. The van der Waals surface area contributed by atoms with Gasteiger partial charge in [-0.3, -0.25) is 0 Å². The largest absolute Gasteiger partial charge is 0.496 e. The lowest BCUT2D eigenvalue weighted by molar-refractivity contribution is -0.901. The number of nitrogens with zero attached hydrogens (tertiary/aromatic N) is 1. The van der Waals surface area contributed by atoms with E-state index in [-0.39, 0.29) is 6.03 Å². The molecule has 1 fully saturated rings. The average Bonchev–Trinajstić information content (AvgIpc) is 3.20. The Morgan fingerprint density at radius 2 is 1.89 bits per heavy atom. The van der Waals surface area contributed by atoms with Crippen LogP contribution >= 0.6 is 0 Å². The Kier molecular flexibility index (Phi) is 6.44. The van der Waals surface area contributed by atoms with Crippen LogP contribution in [0.5, 0.6) is 5.75 Å². The molecule has 6 heteroatoms. The molecule has 0 unspecified atom stereocenters. The van der Waals surface area contributed by atoms with E-state index in [2.05, 4.69) is 21.9 Å². The molecule has 0 saturated carbocycles. The van der Waals surface area contributed by atoms with E-state index >= 15 is 0 Å². The predicted octanol–water partition coefficient (Wildman–Crippen LogP) is 2.42. The molecule has 0 spiro atoms. The summed E-state index contributed by atoms with van der Waals surface area (Å²) in [7, 11) is 1.70. The number of methoxy groups -OCH3 is 1. The summed E-state index contributed by atoms with van der Waals surface area (Å²) in [6.45, 7) is 5.26. The molecular weight excluding hydrogens is 340 g/mol. The van der Waals surface area contributed by atoms with E-state index in [0.29, 0.717) is 0 Å². The second-order valence-corrected chi connectivity index (χ2v) is 6.79. The van der Waals surface area contributed by atoms with E-state index < -0.39 is 0 Å². The number of carbonyl (C=O) groups is 1. The first kappa shape index (κ1) is 18.9. The van der Waals surface area contributed by atoms with Gasteiger partial charge in [-0.05, 0) is 42.8 Å². The van der Waals surface area contributed by atoms with E-state index in [0.717, 1.165) is 29.3 Å². The minimum absolute atomic E-state index is 0.365. The third-order valence-electron chi connectivity index (χ3n) is 4.81. The molecule has 2 aromatic rings. The van der Waals surface area contributed by atoms with Gasteiger partial charge < -0.3 is 15.0 Å². The zero-order valence-corrected chi connectivity index (χ0v) is 15.9. The standard InChI is InChI=1S/C21H26N4O2/c1-16(23-24-21(26)22-19-8-4-3-5-9-19)17-10-11-20(27-2)18(14-17)15-25-12-6-7-13-25/h3-5,8-11,14H,6-7,12-13,15H2,1-2H3,(H2,22,24,26)/p+1/b23-16-. The molecule has 1 aliphatic rings. The second kappa shape index (κ2) is 9.19. The lowest BCUT2D eigenvalue weighted by Gasteiger charge is -2.15. The monoisotopic (exact) mass is 367 g/mol. The molecule has 0 bridgehead atoms. The molecule has 1 aliphatic heterocycles. The topological polar surface area (TPSA) is 67.2 Å². The summed E-state index contributed by atoms with van der Waals surface area (Å²) < 4.78 is 5.52. The maximum Gasteiger partial charge on any atom is 0.339 e. The molecule has 1 saturated heterocycles. The van der Waals surface area contributed by atoms with Gasteiger partial charge in [-0.1, -0.05) is 18.2 Å². The van der Waals surface area contributed by atoms with Crippen molar-refractivity contribution in [3.05, 3.63) is 59.7 Å². The highest BCUT2D eigenvalue weighted by Gasteiger charge is 2.18. The van der Waals surface area contributed by atoms with E-state index in [1.807, 2.05) is 49.4 Å². The van der Waals surface area contributed by atoms with Gasteiger partial charge in [0.2, 0.25) is 0 Å². The highest BCUT2D eigenvalue weighted by atomic mass is 16.5. The minimum atomic E-state index is -0.365. The maximum absolute atomic E-state index is 12.0. The Bertz CT molecular complexity index is 799. The van der Waals surface area contributed by atoms with E-state index in [1.54, 1.807) is 12.0 Å². The van der Waals surface area contributed by atoms with Crippen molar-refractivity contribution in [1.82, 2.24) is 5.43 Å². The van der Waals surface area contributed by atoms with E-state index in [4.69, 9.17) is 4.74 Å². The fourth-order valence-electron chi connectivity index (χ4n) is 3.34. The number of likely N-dealkylation sites (tertiary alicyclic amines) is 1. The molecule has 3 N–H and O–H groups in total. The van der Waals surface area contributed by atoms with Crippen LogP contribution < -0.4 is 20.4 Å². The van der Waals surface area contributed by atoms with Gasteiger partial charge in [0.1, 0.15) is 12.3 Å². The van der Waals surface area contributed by atoms with Crippen molar-refractivity contribution in [2.75, 3.05) is 25.5 Å². The highest BCUT2D eigenvalue weighted by molar-refractivity contribution is 6.00. The van der Waals surface area contributed by atoms with Crippen molar-refractivity contribution in [2.45, 2.75) is 26.3 Å². The number of rotatable bonds is 6. The molecule has 2 amide bonds. The molecular formula is C21H27N4O2+. The number of ether oxygens (including phenoxy) is 1. The van der Waals surface area contributed by atoms with Gasteiger partial charge >= 0.3 is 6.03 Å². The number of para-hydroxylation sites is 1. The summed E-state index contributed by atoms with van der Waals surface area (Å²) in [6.07, 6.45) is 2.58. The number of quaternary nitrogens is 1. The van der Waals surface area contributed by atoms with Crippen molar-refractivity contribution < 1.29 is 14.4 Å². The zero-order valence-electron chi connectivity index (χ0n) is 15.9. The number of amides is 2. The van der Waals surface area contributed by atoms with Gasteiger partial charge in [-0.15, -0.1) is 0 Å². The van der Waals surface area contributed by atoms with Gasteiger partial charge in [-0.2, -0.15) is 5.10 Å². The molecule has 0 aromatic heterocycles. The third-order valence-corrected chi connectivity index (χ3v) is 4.81. The first-order chi connectivity index (χ1) is 13.2. The number of hydrogen-bond donors (Lipinski definition) is 3. The third kappa shape index (κ3) is 5.31.